The monoisotopic (exact) mass is 343 g/mol. The van der Waals surface area contributed by atoms with E-state index in [0.717, 1.165) is 19.4 Å². The van der Waals surface area contributed by atoms with E-state index < -0.39 is 0 Å². The summed E-state index contributed by atoms with van der Waals surface area (Å²) < 4.78 is 5.83. The highest BCUT2D eigenvalue weighted by molar-refractivity contribution is 6.30. The molecular weight excluding hydrogens is 321 g/mol. The topological polar surface area (TPSA) is 29.5 Å². The first-order valence-corrected chi connectivity index (χ1v) is 8.20. The Kier molecular flexibility index (Phi) is 6.13. The quantitative estimate of drug-likeness (QED) is 0.754. The molecule has 3 unspecified atom stereocenters. The molecule has 1 heterocycles. The van der Waals surface area contributed by atoms with Crippen molar-refractivity contribution in [2.45, 2.75) is 44.2 Å². The predicted molar refractivity (Wildman–Crippen MR) is 90.9 cm³/mol. The summed E-state index contributed by atoms with van der Waals surface area (Å²) in [6, 6.07) is 7.32. The van der Waals surface area contributed by atoms with Crippen LogP contribution in [0.15, 0.2) is 24.3 Å². The average molecular weight is 344 g/mol. The smallest absolute Gasteiger partial charge is 0.338 e. The number of likely N-dealkylation sites (N-methyl/N-ethyl adjacent to an activating group) is 1. The summed E-state index contributed by atoms with van der Waals surface area (Å²) in [6.45, 7) is 1.11. The molecular formula is C17H23Cl2NO2. The number of benzene rings is 1. The van der Waals surface area contributed by atoms with E-state index in [1.165, 1.54) is 19.3 Å². The zero-order valence-corrected chi connectivity index (χ0v) is 14.4. The number of halogens is 2. The van der Waals surface area contributed by atoms with Gasteiger partial charge in [-0.15, -0.1) is 12.4 Å². The minimum atomic E-state index is -0.226. The van der Waals surface area contributed by atoms with Gasteiger partial charge >= 0.3 is 5.97 Å². The van der Waals surface area contributed by atoms with Crippen molar-refractivity contribution in [1.82, 2.24) is 4.90 Å². The van der Waals surface area contributed by atoms with Crippen LogP contribution in [0.2, 0.25) is 5.02 Å². The van der Waals surface area contributed by atoms with Crippen LogP contribution in [0.1, 0.15) is 42.5 Å². The molecule has 1 aliphatic carbocycles. The Morgan fingerprint density at radius 2 is 1.86 bits per heavy atom. The maximum absolute atomic E-state index is 12.3. The lowest BCUT2D eigenvalue weighted by molar-refractivity contribution is -0.0447. The summed E-state index contributed by atoms with van der Waals surface area (Å²) in [6.07, 6.45) is 5.96. The number of esters is 1. The zero-order chi connectivity index (χ0) is 14.8. The number of hydrogen-bond donors (Lipinski definition) is 0. The average Bonchev–Trinajstić information content (AvgIpc) is 2.48. The van der Waals surface area contributed by atoms with Crippen molar-refractivity contribution in [2.24, 2.45) is 5.92 Å². The predicted octanol–water partition coefficient (Wildman–Crippen LogP) is 4.18. The molecule has 0 radical (unpaired) electrons. The second-order valence-corrected chi connectivity index (χ2v) is 6.69. The Hall–Kier alpha value is -0.770. The molecule has 3 rings (SSSR count). The van der Waals surface area contributed by atoms with Crippen molar-refractivity contribution in [3.05, 3.63) is 34.9 Å². The van der Waals surface area contributed by atoms with Crippen LogP contribution in [0.25, 0.3) is 0 Å². The maximum atomic E-state index is 12.3. The Morgan fingerprint density at radius 1 is 1.18 bits per heavy atom. The second kappa shape index (κ2) is 7.67. The minimum Gasteiger partial charge on any atom is -0.457 e. The van der Waals surface area contributed by atoms with Crippen LogP contribution in [0.4, 0.5) is 0 Å². The molecule has 2 fully saturated rings. The molecule has 0 aromatic heterocycles. The lowest BCUT2D eigenvalue weighted by Gasteiger charge is -2.46. The third kappa shape index (κ3) is 3.76. The van der Waals surface area contributed by atoms with Crippen LogP contribution in [-0.4, -0.2) is 36.6 Å². The molecule has 122 valence electrons. The van der Waals surface area contributed by atoms with E-state index in [1.54, 1.807) is 24.3 Å². The first kappa shape index (κ1) is 17.6. The molecule has 2 aliphatic rings. The van der Waals surface area contributed by atoms with Gasteiger partial charge < -0.3 is 4.74 Å². The first-order valence-electron chi connectivity index (χ1n) is 7.82. The maximum Gasteiger partial charge on any atom is 0.338 e. The lowest BCUT2D eigenvalue weighted by atomic mass is 9.77. The van der Waals surface area contributed by atoms with E-state index in [9.17, 15) is 4.79 Å². The Labute approximate surface area is 143 Å². The largest absolute Gasteiger partial charge is 0.457 e. The van der Waals surface area contributed by atoms with Gasteiger partial charge in [0.05, 0.1) is 5.56 Å². The van der Waals surface area contributed by atoms with Crippen LogP contribution < -0.4 is 0 Å². The molecule has 0 N–H and O–H groups in total. The lowest BCUT2D eigenvalue weighted by Crippen LogP contribution is -2.53. The molecule has 3 nitrogen and oxygen atoms in total. The molecule has 1 aliphatic heterocycles. The van der Waals surface area contributed by atoms with Crippen molar-refractivity contribution < 1.29 is 9.53 Å². The van der Waals surface area contributed by atoms with E-state index in [1.807, 2.05) is 0 Å². The number of carbonyl (C=O) groups is 1. The van der Waals surface area contributed by atoms with Gasteiger partial charge in [0, 0.05) is 11.1 Å². The molecule has 3 atom stereocenters. The molecule has 0 amide bonds. The first-order chi connectivity index (χ1) is 10.1. The fraction of sp³-hybridized carbons (Fsp3) is 0.588. The summed E-state index contributed by atoms with van der Waals surface area (Å²) in [4.78, 5) is 14.7. The van der Waals surface area contributed by atoms with Gasteiger partial charge in [-0.1, -0.05) is 11.6 Å². The van der Waals surface area contributed by atoms with Gasteiger partial charge in [-0.25, -0.2) is 4.79 Å². The van der Waals surface area contributed by atoms with E-state index in [-0.39, 0.29) is 24.5 Å². The van der Waals surface area contributed by atoms with Crippen molar-refractivity contribution >= 4 is 30.0 Å². The Morgan fingerprint density at radius 3 is 2.59 bits per heavy atom. The van der Waals surface area contributed by atoms with Gasteiger partial charge in [0.15, 0.2) is 0 Å². The van der Waals surface area contributed by atoms with Crippen molar-refractivity contribution in [2.75, 3.05) is 13.6 Å². The molecule has 1 saturated heterocycles. The second-order valence-electron chi connectivity index (χ2n) is 6.26. The number of hydrogen-bond acceptors (Lipinski definition) is 3. The minimum absolute atomic E-state index is 0. The number of piperidine rings is 1. The number of fused-ring (bicyclic) bond motifs is 1. The Balaban J connectivity index is 0.00000176. The van der Waals surface area contributed by atoms with E-state index in [4.69, 9.17) is 16.3 Å². The van der Waals surface area contributed by atoms with Crippen LogP contribution in [0.5, 0.6) is 0 Å². The van der Waals surface area contributed by atoms with Crippen LogP contribution >= 0.6 is 24.0 Å². The fourth-order valence-corrected chi connectivity index (χ4v) is 3.98. The summed E-state index contributed by atoms with van der Waals surface area (Å²) in [7, 11) is 2.16. The fourth-order valence-electron chi connectivity index (χ4n) is 3.86. The summed E-state index contributed by atoms with van der Waals surface area (Å²) in [5.41, 5.74) is 0.583. The Bertz CT molecular complexity index is 504. The normalized spacial score (nSPS) is 28.4. The summed E-state index contributed by atoms with van der Waals surface area (Å²) in [5.74, 6) is 0.455. The highest BCUT2D eigenvalue weighted by atomic mass is 35.5. The standard InChI is InChI=1S/C17H22ClNO2.ClH/c1-19-11-3-5-12-4-2-6-15(16(12)19)21-17(20)13-7-9-14(18)10-8-13;/h7-10,12,15-16H,2-6,11H2,1H3;1H. The van der Waals surface area contributed by atoms with Gasteiger partial charge in [-0.3, -0.25) is 4.90 Å². The molecule has 22 heavy (non-hydrogen) atoms. The van der Waals surface area contributed by atoms with Crippen molar-refractivity contribution in [1.29, 1.82) is 0 Å². The van der Waals surface area contributed by atoms with E-state index >= 15 is 0 Å². The third-order valence-electron chi connectivity index (χ3n) is 4.86. The number of rotatable bonds is 2. The molecule has 1 aromatic rings. The van der Waals surface area contributed by atoms with Crippen LogP contribution in [0, 0.1) is 5.92 Å². The van der Waals surface area contributed by atoms with Gasteiger partial charge in [0.1, 0.15) is 6.10 Å². The molecule has 0 bridgehead atoms. The van der Waals surface area contributed by atoms with Crippen LogP contribution in [-0.2, 0) is 4.74 Å². The van der Waals surface area contributed by atoms with E-state index in [0.29, 0.717) is 22.5 Å². The van der Waals surface area contributed by atoms with Gasteiger partial charge in [-0.05, 0) is 75.9 Å². The molecule has 1 saturated carbocycles. The summed E-state index contributed by atoms with van der Waals surface area (Å²) >= 11 is 5.86. The molecule has 5 heteroatoms. The SMILES string of the molecule is CN1CCCC2CCCC(OC(=O)c3ccc(Cl)cc3)C21.Cl. The van der Waals surface area contributed by atoms with E-state index in [2.05, 4.69) is 11.9 Å². The highest BCUT2D eigenvalue weighted by Gasteiger charge is 2.40. The summed E-state index contributed by atoms with van der Waals surface area (Å²) in [5, 5.41) is 0.635. The van der Waals surface area contributed by atoms with Gasteiger partial charge in [-0.2, -0.15) is 0 Å². The number of likely N-dealkylation sites (tertiary alicyclic amines) is 1. The van der Waals surface area contributed by atoms with Crippen molar-refractivity contribution in [3.8, 4) is 0 Å². The third-order valence-corrected chi connectivity index (χ3v) is 5.11. The molecule has 0 spiro atoms. The van der Waals surface area contributed by atoms with Crippen LogP contribution in [0.3, 0.4) is 0 Å². The van der Waals surface area contributed by atoms with Crippen molar-refractivity contribution in [3.63, 3.8) is 0 Å². The molecule has 1 aromatic carbocycles. The van der Waals surface area contributed by atoms with Gasteiger partial charge in [0.2, 0.25) is 0 Å². The number of nitrogens with zero attached hydrogens (tertiary/aromatic N) is 1. The van der Waals surface area contributed by atoms with Gasteiger partial charge in [0.25, 0.3) is 0 Å². The zero-order valence-electron chi connectivity index (χ0n) is 12.8. The number of carbonyl (C=O) groups excluding carboxylic acids is 1. The highest BCUT2D eigenvalue weighted by Crippen LogP contribution is 2.36. The number of ether oxygens (including phenoxy) is 1.